The first-order valence-corrected chi connectivity index (χ1v) is 8.38. The van der Waals surface area contributed by atoms with Crippen LogP contribution in [0, 0.1) is 5.41 Å². The number of piperidine rings is 2. The first-order chi connectivity index (χ1) is 11.4. The van der Waals surface area contributed by atoms with E-state index in [-0.39, 0.29) is 18.5 Å². The molecule has 2 rings (SSSR count). The van der Waals surface area contributed by atoms with Crippen molar-refractivity contribution in [2.45, 2.75) is 45.1 Å². The molecular weight excluding hydrogens is 316 g/mol. The molecule has 0 aromatic heterocycles. The summed E-state index contributed by atoms with van der Waals surface area (Å²) in [6, 6.07) is 0. The van der Waals surface area contributed by atoms with Crippen LogP contribution in [0.1, 0.15) is 39.0 Å². The summed E-state index contributed by atoms with van der Waals surface area (Å²) in [4.78, 5) is 35.8. The minimum absolute atomic E-state index is 0.0548. The first-order valence-electron chi connectivity index (χ1n) is 8.38. The number of likely N-dealkylation sites (tertiary alicyclic amines) is 2. The standard InChI is InChI=1S/C15H26N2O4.CH2O2/c1-2-15(14(20)21)5-8-17(9-6-15)13(19)11-16-7-3-4-12(18)10-16;2-1-3/h12,18H,2-11H2,1H3,(H,20,21);1H,(H,2,3). The van der Waals surface area contributed by atoms with Gasteiger partial charge < -0.3 is 20.2 Å². The fourth-order valence-corrected chi connectivity index (χ4v) is 3.37. The fraction of sp³-hybridized carbons (Fsp3) is 0.812. The maximum atomic E-state index is 12.3. The number of carbonyl (C=O) groups excluding carboxylic acids is 1. The predicted octanol–water partition coefficient (Wildman–Crippen LogP) is 0.247. The lowest BCUT2D eigenvalue weighted by molar-refractivity contribution is -0.155. The minimum atomic E-state index is -0.740. The number of aliphatic carboxylic acids is 1. The van der Waals surface area contributed by atoms with Crippen LogP contribution in [0.2, 0.25) is 0 Å². The van der Waals surface area contributed by atoms with Gasteiger partial charge in [0.25, 0.3) is 6.47 Å². The van der Waals surface area contributed by atoms with Gasteiger partial charge in [-0.15, -0.1) is 0 Å². The maximum absolute atomic E-state index is 12.3. The topological polar surface area (TPSA) is 118 Å². The van der Waals surface area contributed by atoms with Gasteiger partial charge in [-0.05, 0) is 38.6 Å². The number of aliphatic hydroxyl groups is 1. The summed E-state index contributed by atoms with van der Waals surface area (Å²) < 4.78 is 0. The Kier molecular flexibility index (Phi) is 8.14. The SMILES string of the molecule is CCC1(C(=O)O)CCN(C(=O)CN2CCCC(O)C2)CC1.O=CO. The third-order valence-corrected chi connectivity index (χ3v) is 5.04. The third kappa shape index (κ3) is 5.45. The Labute approximate surface area is 142 Å². The van der Waals surface area contributed by atoms with Gasteiger partial charge >= 0.3 is 5.97 Å². The van der Waals surface area contributed by atoms with Crippen LogP contribution in [-0.2, 0) is 14.4 Å². The lowest BCUT2D eigenvalue weighted by Crippen LogP contribution is -2.50. The van der Waals surface area contributed by atoms with Gasteiger partial charge in [-0.1, -0.05) is 6.92 Å². The molecule has 3 N–H and O–H groups in total. The van der Waals surface area contributed by atoms with Gasteiger partial charge in [0, 0.05) is 19.6 Å². The molecule has 1 amide bonds. The van der Waals surface area contributed by atoms with E-state index >= 15 is 0 Å². The zero-order valence-electron chi connectivity index (χ0n) is 14.2. The van der Waals surface area contributed by atoms with Gasteiger partial charge in [0.2, 0.25) is 5.91 Å². The summed E-state index contributed by atoms with van der Waals surface area (Å²) in [7, 11) is 0. The van der Waals surface area contributed by atoms with Gasteiger partial charge in [0.15, 0.2) is 0 Å². The van der Waals surface area contributed by atoms with Crippen molar-refractivity contribution in [3.05, 3.63) is 0 Å². The minimum Gasteiger partial charge on any atom is -0.483 e. The van der Waals surface area contributed by atoms with Gasteiger partial charge in [-0.25, -0.2) is 0 Å². The molecule has 2 heterocycles. The van der Waals surface area contributed by atoms with Crippen LogP contribution in [0.3, 0.4) is 0 Å². The number of hydrogen-bond donors (Lipinski definition) is 3. The second-order valence-electron chi connectivity index (χ2n) is 6.46. The molecule has 138 valence electrons. The molecule has 1 atom stereocenters. The number of carboxylic acids is 1. The van der Waals surface area contributed by atoms with Gasteiger partial charge in [0.1, 0.15) is 0 Å². The number of β-amino-alcohol motifs (C(OH)–C–C–N with tert-alkyl or cyclic N) is 1. The van der Waals surface area contributed by atoms with Crippen molar-refractivity contribution in [1.82, 2.24) is 9.80 Å². The van der Waals surface area contributed by atoms with Crippen LogP contribution in [-0.4, -0.2) is 82.3 Å². The fourth-order valence-electron chi connectivity index (χ4n) is 3.37. The molecular formula is C16H28N2O6. The molecule has 0 aromatic rings. The van der Waals surface area contributed by atoms with Crippen molar-refractivity contribution >= 4 is 18.3 Å². The van der Waals surface area contributed by atoms with Crippen molar-refractivity contribution in [2.75, 3.05) is 32.7 Å². The number of nitrogens with zero attached hydrogens (tertiary/aromatic N) is 2. The van der Waals surface area contributed by atoms with Crippen molar-refractivity contribution in [1.29, 1.82) is 0 Å². The van der Waals surface area contributed by atoms with E-state index in [0.717, 1.165) is 19.4 Å². The molecule has 0 saturated carbocycles. The highest BCUT2D eigenvalue weighted by Gasteiger charge is 2.40. The Balaban J connectivity index is 0.000000891. The van der Waals surface area contributed by atoms with E-state index in [2.05, 4.69) is 0 Å². The monoisotopic (exact) mass is 344 g/mol. The number of hydrogen-bond acceptors (Lipinski definition) is 5. The number of amides is 1. The predicted molar refractivity (Wildman–Crippen MR) is 86.5 cm³/mol. The molecule has 2 aliphatic rings. The molecule has 0 radical (unpaired) electrons. The van der Waals surface area contributed by atoms with Crippen molar-refractivity contribution in [3.63, 3.8) is 0 Å². The van der Waals surface area contributed by atoms with Crippen LogP contribution in [0.5, 0.6) is 0 Å². The lowest BCUT2D eigenvalue weighted by Gasteiger charge is -2.39. The first kappa shape index (κ1) is 20.4. The highest BCUT2D eigenvalue weighted by atomic mass is 16.4. The second kappa shape index (κ2) is 9.58. The molecule has 2 aliphatic heterocycles. The largest absolute Gasteiger partial charge is 0.483 e. The molecule has 8 heteroatoms. The van der Waals surface area contributed by atoms with Crippen LogP contribution < -0.4 is 0 Å². The van der Waals surface area contributed by atoms with E-state index < -0.39 is 11.4 Å². The number of aliphatic hydroxyl groups excluding tert-OH is 1. The molecule has 0 aliphatic carbocycles. The second-order valence-corrected chi connectivity index (χ2v) is 6.46. The maximum Gasteiger partial charge on any atom is 0.309 e. The van der Waals surface area contributed by atoms with E-state index in [0.29, 0.717) is 45.4 Å². The summed E-state index contributed by atoms with van der Waals surface area (Å²) >= 11 is 0. The summed E-state index contributed by atoms with van der Waals surface area (Å²) in [6.07, 6.45) is 3.09. The summed E-state index contributed by atoms with van der Waals surface area (Å²) in [5, 5.41) is 25.9. The summed E-state index contributed by atoms with van der Waals surface area (Å²) in [6.45, 7) is 4.45. The molecule has 0 aromatic carbocycles. The summed E-state index contributed by atoms with van der Waals surface area (Å²) in [5.41, 5.74) is -0.655. The van der Waals surface area contributed by atoms with Crippen LogP contribution in [0.15, 0.2) is 0 Å². The Bertz CT molecular complexity index is 434. The number of carbonyl (C=O) groups is 3. The van der Waals surface area contributed by atoms with Gasteiger partial charge in [-0.2, -0.15) is 0 Å². The zero-order valence-corrected chi connectivity index (χ0v) is 14.2. The van der Waals surface area contributed by atoms with Gasteiger partial charge in [0.05, 0.1) is 18.1 Å². The van der Waals surface area contributed by atoms with E-state index in [4.69, 9.17) is 9.90 Å². The quantitative estimate of drug-likeness (QED) is 0.625. The van der Waals surface area contributed by atoms with Crippen LogP contribution >= 0.6 is 0 Å². The lowest BCUT2D eigenvalue weighted by atomic mass is 9.76. The molecule has 2 saturated heterocycles. The average Bonchev–Trinajstić information content (AvgIpc) is 2.55. The highest BCUT2D eigenvalue weighted by Crippen LogP contribution is 2.35. The van der Waals surface area contributed by atoms with Gasteiger partial charge in [-0.3, -0.25) is 19.3 Å². The van der Waals surface area contributed by atoms with Crippen molar-refractivity contribution in [3.8, 4) is 0 Å². The summed E-state index contributed by atoms with van der Waals surface area (Å²) in [5.74, 6) is -0.685. The molecule has 0 bridgehead atoms. The molecule has 1 unspecified atom stereocenters. The molecule has 0 spiro atoms. The van der Waals surface area contributed by atoms with Crippen LogP contribution in [0.25, 0.3) is 0 Å². The Morgan fingerprint density at radius 1 is 1.25 bits per heavy atom. The third-order valence-electron chi connectivity index (χ3n) is 5.04. The smallest absolute Gasteiger partial charge is 0.309 e. The molecule has 24 heavy (non-hydrogen) atoms. The number of rotatable bonds is 4. The Morgan fingerprint density at radius 2 is 1.83 bits per heavy atom. The van der Waals surface area contributed by atoms with E-state index in [9.17, 15) is 19.8 Å². The van der Waals surface area contributed by atoms with Crippen molar-refractivity contribution in [2.24, 2.45) is 5.41 Å². The molecule has 2 fully saturated rings. The van der Waals surface area contributed by atoms with Crippen molar-refractivity contribution < 1.29 is 29.7 Å². The average molecular weight is 344 g/mol. The van der Waals surface area contributed by atoms with E-state index in [1.807, 2.05) is 11.8 Å². The highest BCUT2D eigenvalue weighted by molar-refractivity contribution is 5.79. The van der Waals surface area contributed by atoms with E-state index in [1.54, 1.807) is 4.90 Å². The van der Waals surface area contributed by atoms with Crippen LogP contribution in [0.4, 0.5) is 0 Å². The molecule has 8 nitrogen and oxygen atoms in total. The van der Waals surface area contributed by atoms with E-state index in [1.165, 1.54) is 0 Å². The number of carboxylic acid groups (broad SMARTS) is 2. The zero-order chi connectivity index (χ0) is 18.2. The normalized spacial score (nSPS) is 23.8. The Morgan fingerprint density at radius 3 is 2.29 bits per heavy atom. The Hall–Kier alpha value is -1.67.